The standard InChI is InChI=1S/C36H61N5O10/c1-8-30-26(19-42)15-21(2)9-10-28(44)22(3)16-25(11-12-37-13-14-41-18-27(20-43)38-39-41)35(23(4)29(45)17-31(46)50-30)51-36-34(48)32(40(6)7)33(47)24(5)49-36/h9-10,15,18,22-26,29-30,32-37,42-43,45,47-48H,8,11-14,16-17,19-20H2,1-7H3/b10-9+,21-15+/t22-,23+,24-,25+,26-,29-,30-,32+,33-,34-,35-,36+/m1/s1. The molecule has 1 aromatic heterocycles. The Balaban J connectivity index is 1.96. The highest BCUT2D eigenvalue weighted by molar-refractivity contribution is 5.91. The average molecular weight is 724 g/mol. The van der Waals surface area contributed by atoms with Crippen LogP contribution in [0.1, 0.15) is 66.0 Å². The van der Waals surface area contributed by atoms with E-state index in [1.54, 1.807) is 55.9 Å². The average Bonchev–Trinajstić information content (AvgIpc) is 3.56. The number of nitrogens with one attached hydrogen (secondary N) is 1. The minimum Gasteiger partial charge on any atom is -0.462 e. The summed E-state index contributed by atoms with van der Waals surface area (Å²) in [6.07, 6.45) is 0.872. The number of likely N-dealkylation sites (N-methyl/N-ethyl adjacent to an activating group) is 1. The van der Waals surface area contributed by atoms with Crippen molar-refractivity contribution in [1.29, 1.82) is 0 Å². The van der Waals surface area contributed by atoms with Gasteiger partial charge in [-0.15, -0.1) is 5.10 Å². The monoisotopic (exact) mass is 723 g/mol. The van der Waals surface area contributed by atoms with Gasteiger partial charge in [-0.05, 0) is 65.7 Å². The first-order valence-electron chi connectivity index (χ1n) is 18.1. The second kappa shape index (κ2) is 20.6. The highest BCUT2D eigenvalue weighted by Gasteiger charge is 2.47. The topological polar surface area (TPSA) is 209 Å². The molecule has 6 N–H and O–H groups in total. The van der Waals surface area contributed by atoms with E-state index in [2.05, 4.69) is 15.6 Å². The van der Waals surface area contributed by atoms with Crippen LogP contribution in [-0.2, 0) is 37.0 Å². The Morgan fingerprint density at radius 3 is 2.43 bits per heavy atom. The number of aromatic nitrogens is 3. The second-order valence-corrected chi connectivity index (χ2v) is 14.4. The molecule has 0 aromatic carbocycles. The number of cyclic esters (lactones) is 1. The fourth-order valence-electron chi connectivity index (χ4n) is 6.98. The minimum absolute atomic E-state index is 0.108. The maximum absolute atomic E-state index is 13.5. The summed E-state index contributed by atoms with van der Waals surface area (Å²) in [7, 11) is 3.50. The summed E-state index contributed by atoms with van der Waals surface area (Å²) in [5, 5.41) is 64.5. The molecular formula is C36H61N5O10. The molecule has 0 radical (unpaired) electrons. The maximum atomic E-state index is 13.5. The first-order valence-corrected chi connectivity index (χ1v) is 18.1. The smallest absolute Gasteiger partial charge is 0.308 e. The van der Waals surface area contributed by atoms with E-state index in [0.29, 0.717) is 44.6 Å². The summed E-state index contributed by atoms with van der Waals surface area (Å²) in [6.45, 7) is 10.0. The quantitative estimate of drug-likeness (QED) is 0.129. The number of allylic oxidation sites excluding steroid dienone is 3. The molecule has 3 rings (SSSR count). The lowest BCUT2D eigenvalue weighted by Crippen LogP contribution is -2.63. The van der Waals surface area contributed by atoms with E-state index < -0.39 is 72.7 Å². The fraction of sp³-hybridized carbons (Fsp3) is 0.778. The molecule has 0 aliphatic carbocycles. The number of hydrogen-bond donors (Lipinski definition) is 6. The third-order valence-electron chi connectivity index (χ3n) is 10.1. The van der Waals surface area contributed by atoms with Gasteiger partial charge in [0, 0.05) is 24.3 Å². The molecule has 1 fully saturated rings. The van der Waals surface area contributed by atoms with E-state index in [0.717, 1.165) is 5.57 Å². The molecule has 0 spiro atoms. The van der Waals surface area contributed by atoms with Crippen LogP contribution in [0.4, 0.5) is 0 Å². The van der Waals surface area contributed by atoms with Gasteiger partial charge in [-0.25, -0.2) is 0 Å². The summed E-state index contributed by atoms with van der Waals surface area (Å²) < 4.78 is 20.1. The SMILES string of the molecule is CC[C@H]1OC(=O)C[C@@H](O)[C@H](C)[C@@H](O[C@@H]2O[C@H](C)[C@@H](O)[C@H](N(C)C)[C@H]2O)[C@@H](CCNCCn2cc(CO)nn2)C[C@@H](C)C(=O)/C=C/C(C)=C/[C@@H]1CO. The molecule has 290 valence electrons. The van der Waals surface area contributed by atoms with E-state index in [9.17, 15) is 35.1 Å². The molecule has 51 heavy (non-hydrogen) atoms. The van der Waals surface area contributed by atoms with Crippen LogP contribution in [0.2, 0.25) is 0 Å². The van der Waals surface area contributed by atoms with Gasteiger partial charge in [0.1, 0.15) is 17.9 Å². The van der Waals surface area contributed by atoms with Crippen LogP contribution in [0.5, 0.6) is 0 Å². The summed E-state index contributed by atoms with van der Waals surface area (Å²) in [5.74, 6) is -2.73. The summed E-state index contributed by atoms with van der Waals surface area (Å²) >= 11 is 0. The molecule has 0 saturated carbocycles. The molecule has 0 amide bonds. The highest BCUT2D eigenvalue weighted by Crippen LogP contribution is 2.34. The fourth-order valence-corrected chi connectivity index (χ4v) is 6.98. The number of carbonyl (C=O) groups excluding carboxylic acids is 2. The normalized spacial score (nSPS) is 36.5. The van der Waals surface area contributed by atoms with Gasteiger partial charge in [0.15, 0.2) is 12.1 Å². The van der Waals surface area contributed by atoms with E-state index in [-0.39, 0.29) is 31.3 Å². The van der Waals surface area contributed by atoms with Gasteiger partial charge in [-0.3, -0.25) is 14.3 Å². The van der Waals surface area contributed by atoms with Crippen molar-refractivity contribution in [1.82, 2.24) is 25.2 Å². The van der Waals surface area contributed by atoms with E-state index >= 15 is 0 Å². The highest BCUT2D eigenvalue weighted by atomic mass is 16.7. The van der Waals surface area contributed by atoms with Crippen LogP contribution in [0.15, 0.2) is 30.0 Å². The van der Waals surface area contributed by atoms with Crippen LogP contribution in [0, 0.1) is 23.7 Å². The van der Waals surface area contributed by atoms with Crippen molar-refractivity contribution in [3.05, 3.63) is 35.7 Å². The number of nitrogens with zero attached hydrogens (tertiary/aromatic N) is 4. The van der Waals surface area contributed by atoms with Gasteiger partial charge in [-0.1, -0.05) is 43.7 Å². The van der Waals surface area contributed by atoms with Gasteiger partial charge >= 0.3 is 5.97 Å². The zero-order valence-corrected chi connectivity index (χ0v) is 31.2. The number of ether oxygens (including phenoxy) is 3. The Bertz CT molecular complexity index is 1290. The number of aliphatic hydroxyl groups is 5. The lowest BCUT2D eigenvalue weighted by atomic mass is 9.79. The van der Waals surface area contributed by atoms with Crippen molar-refractivity contribution < 1.29 is 49.3 Å². The number of carbonyl (C=O) groups is 2. The first-order chi connectivity index (χ1) is 24.2. The molecule has 2 aliphatic rings. The molecule has 12 atom stereocenters. The Kier molecular flexibility index (Phi) is 17.3. The molecular weight excluding hydrogens is 662 g/mol. The van der Waals surface area contributed by atoms with Gasteiger partial charge in [0.05, 0.1) is 62.8 Å². The Morgan fingerprint density at radius 1 is 1.08 bits per heavy atom. The van der Waals surface area contributed by atoms with Gasteiger partial charge in [0.2, 0.25) is 0 Å². The molecule has 15 heteroatoms. The van der Waals surface area contributed by atoms with Crippen LogP contribution in [0.25, 0.3) is 0 Å². The van der Waals surface area contributed by atoms with E-state index in [4.69, 9.17) is 14.2 Å². The van der Waals surface area contributed by atoms with Crippen molar-refractivity contribution >= 4 is 11.8 Å². The molecule has 2 aliphatic heterocycles. The number of aliphatic hydroxyl groups excluding tert-OH is 5. The molecule has 0 unspecified atom stereocenters. The summed E-state index contributed by atoms with van der Waals surface area (Å²) in [5.41, 5.74) is 1.21. The molecule has 0 bridgehead atoms. The Hall–Kier alpha value is -2.60. The zero-order chi connectivity index (χ0) is 37.8. The Labute approximate surface area is 301 Å². The van der Waals surface area contributed by atoms with Gasteiger partial charge in [0.25, 0.3) is 0 Å². The van der Waals surface area contributed by atoms with Crippen LogP contribution in [0.3, 0.4) is 0 Å². The van der Waals surface area contributed by atoms with Crippen LogP contribution < -0.4 is 5.32 Å². The summed E-state index contributed by atoms with van der Waals surface area (Å²) in [6, 6.07) is -0.698. The number of ketones is 1. The molecule has 3 heterocycles. The van der Waals surface area contributed by atoms with Crippen molar-refractivity contribution in [2.45, 2.75) is 122 Å². The summed E-state index contributed by atoms with van der Waals surface area (Å²) in [4.78, 5) is 28.4. The maximum Gasteiger partial charge on any atom is 0.308 e. The third-order valence-corrected chi connectivity index (χ3v) is 10.1. The first kappa shape index (κ1) is 42.8. The van der Waals surface area contributed by atoms with Crippen molar-refractivity contribution in [3.8, 4) is 0 Å². The third kappa shape index (κ3) is 12.2. The predicted octanol–water partition coefficient (Wildman–Crippen LogP) is 0.577. The number of hydrogen-bond acceptors (Lipinski definition) is 14. The van der Waals surface area contributed by atoms with Crippen LogP contribution >= 0.6 is 0 Å². The minimum atomic E-state index is -1.25. The Morgan fingerprint density at radius 2 is 1.80 bits per heavy atom. The molecule has 1 aromatic rings. The number of esters is 1. The van der Waals surface area contributed by atoms with Gasteiger partial charge in [-0.2, -0.15) is 0 Å². The number of rotatable bonds is 12. The van der Waals surface area contributed by atoms with E-state index in [1.807, 2.05) is 20.8 Å². The largest absolute Gasteiger partial charge is 0.462 e. The van der Waals surface area contributed by atoms with Crippen molar-refractivity contribution in [2.75, 3.05) is 33.8 Å². The molecule has 1 saturated heterocycles. The zero-order valence-electron chi connectivity index (χ0n) is 31.2. The lowest BCUT2D eigenvalue weighted by Gasteiger charge is -2.46. The second-order valence-electron chi connectivity index (χ2n) is 14.4. The van der Waals surface area contributed by atoms with Crippen molar-refractivity contribution in [2.24, 2.45) is 23.7 Å². The predicted molar refractivity (Wildman–Crippen MR) is 188 cm³/mol. The van der Waals surface area contributed by atoms with Gasteiger partial charge < -0.3 is 50.0 Å². The lowest BCUT2D eigenvalue weighted by molar-refractivity contribution is -0.304. The molecule has 15 nitrogen and oxygen atoms in total. The van der Waals surface area contributed by atoms with E-state index in [1.165, 1.54) is 6.08 Å². The van der Waals surface area contributed by atoms with Crippen LogP contribution in [-0.4, -0.2) is 140 Å². The van der Waals surface area contributed by atoms with Crippen molar-refractivity contribution in [3.63, 3.8) is 0 Å².